The van der Waals surface area contributed by atoms with Crippen molar-refractivity contribution >= 4 is 54.1 Å². The number of fused-ring (bicyclic) bond motifs is 1. The van der Waals surface area contributed by atoms with Crippen LogP contribution in [0.1, 0.15) is 54.4 Å². The summed E-state index contributed by atoms with van der Waals surface area (Å²) in [4.78, 5) is 34.7. The van der Waals surface area contributed by atoms with E-state index < -0.39 is 21.7 Å². The van der Waals surface area contributed by atoms with Crippen molar-refractivity contribution in [3.05, 3.63) is 53.6 Å². The van der Waals surface area contributed by atoms with Crippen LogP contribution in [0.4, 0.5) is 5.13 Å². The summed E-state index contributed by atoms with van der Waals surface area (Å²) in [5, 5.41) is 16.0. The van der Waals surface area contributed by atoms with Gasteiger partial charge in [0.2, 0.25) is 0 Å². The lowest BCUT2D eigenvalue weighted by molar-refractivity contribution is -0.110. The normalized spacial score (nSPS) is 17.0. The number of benzene rings is 2. The largest absolute Gasteiger partial charge is 0.478 e. The lowest BCUT2D eigenvalue weighted by atomic mass is 10.1. The van der Waals surface area contributed by atoms with Crippen LogP contribution in [0, 0.1) is 0 Å². The van der Waals surface area contributed by atoms with Crippen molar-refractivity contribution in [2.75, 3.05) is 5.32 Å². The Morgan fingerprint density at radius 1 is 1.03 bits per heavy atom. The fourth-order valence-corrected chi connectivity index (χ4v) is 6.54. The second-order valence-corrected chi connectivity index (χ2v) is 11.9. The minimum absolute atomic E-state index is 0.0118. The van der Waals surface area contributed by atoms with E-state index in [1.54, 1.807) is 18.2 Å². The van der Waals surface area contributed by atoms with Crippen molar-refractivity contribution in [1.82, 2.24) is 4.98 Å². The molecule has 2 aromatic carbocycles. The molecule has 35 heavy (non-hydrogen) atoms. The zero-order chi connectivity index (χ0) is 24.6. The van der Waals surface area contributed by atoms with Gasteiger partial charge in [0, 0.05) is 5.56 Å². The number of oxime groups is 1. The summed E-state index contributed by atoms with van der Waals surface area (Å²) in [6.07, 6.45) is 5.08. The Balaban J connectivity index is 1.41. The van der Waals surface area contributed by atoms with Gasteiger partial charge in [-0.1, -0.05) is 28.6 Å². The van der Waals surface area contributed by atoms with Gasteiger partial charge in [0.25, 0.3) is 5.91 Å². The molecule has 0 spiro atoms. The molecule has 11 heteroatoms. The van der Waals surface area contributed by atoms with Crippen molar-refractivity contribution in [3.63, 3.8) is 0 Å². The molecular formula is C24H23N3O6S2. The number of nitrogens with one attached hydrogen (secondary N) is 1. The number of thiazole rings is 1. The lowest BCUT2D eigenvalue weighted by Crippen LogP contribution is -2.25. The van der Waals surface area contributed by atoms with E-state index in [0.29, 0.717) is 28.6 Å². The molecule has 5 rings (SSSR count). The summed E-state index contributed by atoms with van der Waals surface area (Å²) < 4.78 is 25.7. The molecule has 2 N–H and O–H groups in total. The first-order valence-corrected chi connectivity index (χ1v) is 13.7. The Bertz CT molecular complexity index is 1420. The smallest absolute Gasteiger partial charge is 0.335 e. The number of rotatable bonds is 8. The van der Waals surface area contributed by atoms with Gasteiger partial charge in [-0.3, -0.25) is 10.1 Å². The minimum atomic E-state index is -3.35. The first-order valence-electron chi connectivity index (χ1n) is 11.3. The number of amides is 1. The van der Waals surface area contributed by atoms with Gasteiger partial charge in [0.05, 0.1) is 25.9 Å². The molecule has 1 amide bonds. The summed E-state index contributed by atoms with van der Waals surface area (Å²) in [6, 6.07) is 10.6. The van der Waals surface area contributed by atoms with E-state index in [1.165, 1.54) is 24.3 Å². The molecule has 0 aliphatic heterocycles. The van der Waals surface area contributed by atoms with Crippen LogP contribution in [0.2, 0.25) is 0 Å². The molecule has 2 fully saturated rings. The predicted molar refractivity (Wildman–Crippen MR) is 132 cm³/mol. The Morgan fingerprint density at radius 2 is 1.71 bits per heavy atom. The summed E-state index contributed by atoms with van der Waals surface area (Å²) in [5.41, 5.74) is 1.13. The topological polar surface area (TPSA) is 135 Å². The molecule has 182 valence electrons. The minimum Gasteiger partial charge on any atom is -0.478 e. The summed E-state index contributed by atoms with van der Waals surface area (Å²) in [7, 11) is -3.35. The third-order valence-corrected chi connectivity index (χ3v) is 9.30. The van der Waals surface area contributed by atoms with E-state index in [-0.39, 0.29) is 32.7 Å². The molecule has 1 aromatic heterocycles. The van der Waals surface area contributed by atoms with Crippen LogP contribution in [0.5, 0.6) is 0 Å². The predicted octanol–water partition coefficient (Wildman–Crippen LogP) is 4.23. The highest BCUT2D eigenvalue weighted by molar-refractivity contribution is 7.92. The van der Waals surface area contributed by atoms with E-state index >= 15 is 0 Å². The molecule has 0 bridgehead atoms. The summed E-state index contributed by atoms with van der Waals surface area (Å²) >= 11 is 1.15. The first kappa shape index (κ1) is 23.4. The molecule has 1 heterocycles. The van der Waals surface area contributed by atoms with Crippen LogP contribution < -0.4 is 5.32 Å². The van der Waals surface area contributed by atoms with E-state index in [4.69, 9.17) is 4.84 Å². The Labute approximate surface area is 205 Å². The van der Waals surface area contributed by atoms with Gasteiger partial charge in [-0.25, -0.2) is 18.2 Å². The number of anilines is 1. The standard InChI is InChI=1S/C24H23N3O6S2/c28-22(26-24-25-19-12-7-15(23(29)30)13-20(19)34-24)21(27-33-16-3-1-2-4-16)14-5-8-17(9-6-14)35(31,32)18-10-11-18/h5-9,12-13,16,18H,1-4,10-11H2,(H,29,30)(H,25,26,28). The molecule has 0 radical (unpaired) electrons. The molecule has 2 saturated carbocycles. The van der Waals surface area contributed by atoms with Gasteiger partial charge >= 0.3 is 5.97 Å². The van der Waals surface area contributed by atoms with E-state index in [2.05, 4.69) is 15.5 Å². The van der Waals surface area contributed by atoms with Crippen LogP contribution in [-0.4, -0.2) is 47.5 Å². The van der Waals surface area contributed by atoms with Crippen LogP contribution in [0.25, 0.3) is 10.2 Å². The zero-order valence-corrected chi connectivity index (χ0v) is 20.3. The highest BCUT2D eigenvalue weighted by atomic mass is 32.2. The maximum atomic E-state index is 13.2. The number of carbonyl (C=O) groups excluding carboxylic acids is 1. The number of carbonyl (C=O) groups is 2. The van der Waals surface area contributed by atoms with Gasteiger partial charge in [-0.15, -0.1) is 0 Å². The maximum absolute atomic E-state index is 13.2. The maximum Gasteiger partial charge on any atom is 0.335 e. The number of carboxylic acids is 1. The Kier molecular flexibility index (Phi) is 6.28. The molecular weight excluding hydrogens is 490 g/mol. The van der Waals surface area contributed by atoms with Crippen molar-refractivity contribution in [1.29, 1.82) is 0 Å². The number of nitrogens with zero attached hydrogens (tertiary/aromatic N) is 2. The molecule has 0 saturated heterocycles. The highest BCUT2D eigenvalue weighted by Crippen LogP contribution is 2.33. The van der Waals surface area contributed by atoms with Crippen molar-refractivity contribution in [2.24, 2.45) is 5.16 Å². The summed E-state index contributed by atoms with van der Waals surface area (Å²) in [6.45, 7) is 0. The first-order chi connectivity index (χ1) is 16.8. The van der Waals surface area contributed by atoms with E-state index in [9.17, 15) is 23.1 Å². The fraction of sp³-hybridized carbons (Fsp3) is 0.333. The number of hydrogen-bond acceptors (Lipinski definition) is 8. The molecule has 2 aliphatic carbocycles. The third kappa shape index (κ3) is 5.06. The number of aromatic carboxylic acids is 1. The summed E-state index contributed by atoms with van der Waals surface area (Å²) in [5.74, 6) is -1.60. The van der Waals surface area contributed by atoms with Crippen LogP contribution >= 0.6 is 11.3 Å². The monoisotopic (exact) mass is 513 g/mol. The quantitative estimate of drug-likeness (QED) is 0.340. The zero-order valence-electron chi connectivity index (χ0n) is 18.6. The van der Waals surface area contributed by atoms with Gasteiger partial charge in [0.1, 0.15) is 6.10 Å². The van der Waals surface area contributed by atoms with Gasteiger partial charge < -0.3 is 9.94 Å². The lowest BCUT2D eigenvalue weighted by Gasteiger charge is -2.11. The number of hydrogen-bond donors (Lipinski definition) is 2. The third-order valence-electron chi connectivity index (χ3n) is 6.09. The van der Waals surface area contributed by atoms with Crippen LogP contribution in [-0.2, 0) is 19.5 Å². The van der Waals surface area contributed by atoms with Crippen LogP contribution in [0.15, 0.2) is 52.5 Å². The second kappa shape index (κ2) is 9.38. The Hall–Kier alpha value is -3.31. The molecule has 2 aliphatic rings. The molecule has 3 aromatic rings. The van der Waals surface area contributed by atoms with Gasteiger partial charge in [-0.2, -0.15) is 0 Å². The van der Waals surface area contributed by atoms with E-state index in [0.717, 1.165) is 37.0 Å². The van der Waals surface area contributed by atoms with E-state index in [1.807, 2.05) is 0 Å². The number of carboxylic acid groups (broad SMARTS) is 1. The molecule has 9 nitrogen and oxygen atoms in total. The van der Waals surface area contributed by atoms with Gasteiger partial charge in [-0.05, 0) is 68.9 Å². The highest BCUT2D eigenvalue weighted by Gasteiger charge is 2.36. The van der Waals surface area contributed by atoms with Crippen molar-refractivity contribution in [2.45, 2.75) is 54.8 Å². The fourth-order valence-electron chi connectivity index (χ4n) is 3.99. The second-order valence-electron chi connectivity index (χ2n) is 8.68. The average molecular weight is 514 g/mol. The van der Waals surface area contributed by atoms with Crippen molar-refractivity contribution < 1.29 is 28.0 Å². The molecule has 0 atom stereocenters. The SMILES string of the molecule is O=C(Nc1nc2ccc(C(=O)O)cc2s1)C(=NOC1CCCC1)c1ccc(S(=O)(=O)C2CC2)cc1. The van der Waals surface area contributed by atoms with Crippen molar-refractivity contribution in [3.8, 4) is 0 Å². The molecule has 0 unspecified atom stereocenters. The number of aromatic nitrogens is 1. The number of sulfone groups is 1. The van der Waals surface area contributed by atoms with Gasteiger partial charge in [0.15, 0.2) is 20.7 Å². The average Bonchev–Trinajstić information content (AvgIpc) is 3.44. The van der Waals surface area contributed by atoms with Crippen LogP contribution in [0.3, 0.4) is 0 Å². The Morgan fingerprint density at radius 3 is 2.37 bits per heavy atom.